The predicted molar refractivity (Wildman–Crippen MR) is 165 cm³/mol. The summed E-state index contributed by atoms with van der Waals surface area (Å²) in [6.45, 7) is 6.65. The summed E-state index contributed by atoms with van der Waals surface area (Å²) >= 11 is 1.58. The number of pyridine rings is 1. The first-order chi connectivity index (χ1) is 19.8. The molecule has 0 saturated carbocycles. The number of amides is 1. The zero-order valence-electron chi connectivity index (χ0n) is 22.9. The summed E-state index contributed by atoms with van der Waals surface area (Å²) < 4.78 is 3.30. The largest absolute Gasteiger partial charge is 0.381 e. The van der Waals surface area contributed by atoms with Gasteiger partial charge in [0.05, 0.1) is 16.1 Å². The lowest BCUT2D eigenvalue weighted by Crippen LogP contribution is -2.22. The van der Waals surface area contributed by atoms with Gasteiger partial charge < -0.3 is 16.8 Å². The first-order valence-corrected chi connectivity index (χ1v) is 13.9. The molecule has 0 atom stereocenters. The summed E-state index contributed by atoms with van der Waals surface area (Å²) in [6.07, 6.45) is 4.37. The molecule has 5 aromatic rings. The Morgan fingerprint density at radius 2 is 1.90 bits per heavy atom. The van der Waals surface area contributed by atoms with Crippen LogP contribution in [0.15, 0.2) is 65.5 Å². The number of aromatic nitrogens is 4. The Balaban J connectivity index is 0.000000216. The maximum atomic E-state index is 13.5. The fourth-order valence-electron chi connectivity index (χ4n) is 4.69. The van der Waals surface area contributed by atoms with Crippen LogP contribution < -0.4 is 22.3 Å². The van der Waals surface area contributed by atoms with Gasteiger partial charge in [0.1, 0.15) is 16.3 Å². The van der Waals surface area contributed by atoms with Crippen LogP contribution in [0.4, 0.5) is 11.6 Å². The normalized spacial score (nSPS) is 11.6. The van der Waals surface area contributed by atoms with Crippen molar-refractivity contribution in [1.29, 1.82) is 0 Å². The van der Waals surface area contributed by atoms with Gasteiger partial charge in [-0.2, -0.15) is 0 Å². The zero-order valence-corrected chi connectivity index (χ0v) is 23.7. The molecule has 1 aliphatic rings. The molecule has 41 heavy (non-hydrogen) atoms. The van der Waals surface area contributed by atoms with Crippen molar-refractivity contribution in [3.63, 3.8) is 0 Å². The third-order valence-electron chi connectivity index (χ3n) is 6.53. The molecule has 0 fully saturated rings. The fourth-order valence-corrected chi connectivity index (χ4v) is 5.46. The molecule has 206 valence electrons. The van der Waals surface area contributed by atoms with Crippen molar-refractivity contribution in [2.24, 2.45) is 5.73 Å². The van der Waals surface area contributed by atoms with E-state index in [0.29, 0.717) is 17.7 Å². The number of primary amides is 1. The van der Waals surface area contributed by atoms with Crippen LogP contribution >= 0.6 is 11.3 Å². The molecule has 10 heteroatoms. The minimum absolute atomic E-state index is 0.0253. The van der Waals surface area contributed by atoms with E-state index in [2.05, 4.69) is 40.2 Å². The Morgan fingerprint density at radius 3 is 2.59 bits per heavy atom. The number of nitrogens with two attached hydrogens (primary N) is 2. The first-order valence-electron chi connectivity index (χ1n) is 13.1. The van der Waals surface area contributed by atoms with Crippen molar-refractivity contribution < 1.29 is 4.79 Å². The monoisotopic (exact) mass is 563 g/mol. The van der Waals surface area contributed by atoms with Crippen molar-refractivity contribution in [2.45, 2.75) is 27.2 Å². The molecule has 9 nitrogen and oxygen atoms in total. The summed E-state index contributed by atoms with van der Waals surface area (Å²) in [5.74, 6) is 6.59. The van der Waals surface area contributed by atoms with Gasteiger partial charge in [-0.1, -0.05) is 43.2 Å². The van der Waals surface area contributed by atoms with Gasteiger partial charge in [-0.15, -0.1) is 16.4 Å². The van der Waals surface area contributed by atoms with Crippen LogP contribution in [0.5, 0.6) is 0 Å². The average molecular weight is 564 g/mol. The zero-order chi connectivity index (χ0) is 29.1. The molecular formula is C31H29N7O2S. The maximum Gasteiger partial charge on any atom is 0.264 e. The van der Waals surface area contributed by atoms with E-state index in [1.165, 1.54) is 4.68 Å². The Hall–Kier alpha value is -5.14. The fraction of sp³-hybridized carbons (Fsp3) is 0.161. The number of thiazole rings is 1. The minimum Gasteiger partial charge on any atom is -0.381 e. The van der Waals surface area contributed by atoms with Gasteiger partial charge in [0.2, 0.25) is 0 Å². The van der Waals surface area contributed by atoms with Crippen LogP contribution in [-0.4, -0.2) is 31.8 Å². The summed E-state index contributed by atoms with van der Waals surface area (Å²) in [5.41, 5.74) is 14.4. The number of para-hydroxylation sites is 1. The smallest absolute Gasteiger partial charge is 0.264 e. The van der Waals surface area contributed by atoms with Gasteiger partial charge in [-0.05, 0) is 61.9 Å². The number of nitrogens with one attached hydrogen (secondary N) is 1. The lowest BCUT2D eigenvalue weighted by molar-refractivity contribution is 0.100. The van der Waals surface area contributed by atoms with Gasteiger partial charge in [0.15, 0.2) is 5.82 Å². The molecular weight excluding hydrogens is 534 g/mol. The van der Waals surface area contributed by atoms with Crippen molar-refractivity contribution in [1.82, 2.24) is 19.3 Å². The van der Waals surface area contributed by atoms with Crippen LogP contribution in [-0.2, 0) is 6.42 Å². The number of aryl methyl sites for hydroxylation is 3. The van der Waals surface area contributed by atoms with Crippen LogP contribution in [0.3, 0.4) is 0 Å². The molecule has 3 aromatic heterocycles. The van der Waals surface area contributed by atoms with Gasteiger partial charge in [-0.3, -0.25) is 14.2 Å². The number of nitrogen functional groups attached to an aromatic ring is 1. The van der Waals surface area contributed by atoms with Gasteiger partial charge >= 0.3 is 0 Å². The SMILES string of the molecule is CCc1cc2cccc(C#Cc3sc(C)nc3C)c2c(=O)n1-c1ccccc1.NC(=O)c1c(N)nn2c1NCC=C2. The second kappa shape index (κ2) is 11.5. The highest BCUT2D eigenvalue weighted by Crippen LogP contribution is 2.23. The quantitative estimate of drug-likeness (QED) is 0.277. The van der Waals surface area contributed by atoms with E-state index < -0.39 is 5.91 Å². The molecule has 6 rings (SSSR count). The summed E-state index contributed by atoms with van der Waals surface area (Å²) in [5, 5.41) is 9.47. The van der Waals surface area contributed by atoms with Crippen LogP contribution in [0.25, 0.3) is 22.7 Å². The van der Waals surface area contributed by atoms with E-state index in [-0.39, 0.29) is 16.9 Å². The summed E-state index contributed by atoms with van der Waals surface area (Å²) in [6, 6.07) is 17.7. The molecule has 0 spiro atoms. The van der Waals surface area contributed by atoms with Crippen molar-refractivity contribution in [2.75, 3.05) is 17.6 Å². The molecule has 5 N–H and O–H groups in total. The third-order valence-corrected chi connectivity index (χ3v) is 7.52. The van der Waals surface area contributed by atoms with Crippen LogP contribution in [0, 0.1) is 25.7 Å². The highest BCUT2D eigenvalue weighted by Gasteiger charge is 2.20. The minimum atomic E-state index is -0.568. The topological polar surface area (TPSA) is 134 Å². The Morgan fingerprint density at radius 1 is 1.12 bits per heavy atom. The maximum absolute atomic E-state index is 13.5. The lowest BCUT2D eigenvalue weighted by atomic mass is 10.0. The second-order valence-electron chi connectivity index (χ2n) is 9.32. The number of carbonyl (C=O) groups is 1. The van der Waals surface area contributed by atoms with E-state index >= 15 is 0 Å². The van der Waals surface area contributed by atoms with Crippen LogP contribution in [0.2, 0.25) is 0 Å². The van der Waals surface area contributed by atoms with E-state index in [1.807, 2.05) is 68.5 Å². The highest BCUT2D eigenvalue weighted by atomic mass is 32.1. The van der Waals surface area contributed by atoms with Gasteiger partial charge in [0.25, 0.3) is 11.5 Å². The number of benzene rings is 2. The number of nitrogens with zero attached hydrogens (tertiary/aromatic N) is 4. The highest BCUT2D eigenvalue weighted by molar-refractivity contribution is 7.12. The summed E-state index contributed by atoms with van der Waals surface area (Å²) in [7, 11) is 0. The van der Waals surface area contributed by atoms with E-state index in [1.54, 1.807) is 22.1 Å². The molecule has 1 aliphatic heterocycles. The molecule has 4 heterocycles. The Labute approximate surface area is 241 Å². The molecule has 0 aliphatic carbocycles. The molecule has 0 unspecified atom stereocenters. The molecule has 0 saturated heterocycles. The number of carbonyl (C=O) groups excluding carboxylic acids is 1. The number of hydrogen-bond acceptors (Lipinski definition) is 7. The lowest BCUT2D eigenvalue weighted by Gasteiger charge is -2.14. The van der Waals surface area contributed by atoms with E-state index in [9.17, 15) is 9.59 Å². The van der Waals surface area contributed by atoms with Crippen molar-refractivity contribution in [3.8, 4) is 17.5 Å². The van der Waals surface area contributed by atoms with E-state index in [4.69, 9.17) is 11.5 Å². The Bertz CT molecular complexity index is 1920. The number of hydrogen-bond donors (Lipinski definition) is 3. The molecule has 2 aromatic carbocycles. The molecule has 0 bridgehead atoms. The standard InChI is InChI=1S/C24H20N2OS.C7H9N5O/c1-4-20-15-19-10-8-9-18(13-14-22-16(2)25-17(3)28-22)23(19)24(27)26(20)21-11-6-5-7-12-21;8-5-4(6(9)13)7-10-2-1-3-12(7)11-5/h5-12,15H,4H2,1-3H3;1,3,10H,2H2,(H2,8,11)(H2,9,13). The van der Waals surface area contributed by atoms with Crippen molar-refractivity contribution >= 4 is 45.9 Å². The predicted octanol–water partition coefficient (Wildman–Crippen LogP) is 4.49. The molecule has 1 amide bonds. The average Bonchev–Trinajstić information content (AvgIpc) is 3.48. The first kappa shape index (κ1) is 27.4. The Kier molecular flexibility index (Phi) is 7.72. The van der Waals surface area contributed by atoms with Gasteiger partial charge in [-0.25, -0.2) is 9.67 Å². The van der Waals surface area contributed by atoms with Crippen LogP contribution in [0.1, 0.15) is 44.1 Å². The number of rotatable bonds is 3. The second-order valence-corrected chi connectivity index (χ2v) is 10.5. The van der Waals surface area contributed by atoms with E-state index in [0.717, 1.165) is 44.3 Å². The molecule has 0 radical (unpaired) electrons. The number of anilines is 2. The summed E-state index contributed by atoms with van der Waals surface area (Å²) in [4.78, 5) is 29.9. The number of fused-ring (bicyclic) bond motifs is 2. The third kappa shape index (κ3) is 5.48. The van der Waals surface area contributed by atoms with Crippen molar-refractivity contribution in [3.05, 3.63) is 103 Å². The van der Waals surface area contributed by atoms with Gasteiger partial charge in [0, 0.05) is 29.7 Å².